The molecule has 146 valence electrons. The van der Waals surface area contributed by atoms with E-state index in [9.17, 15) is 14.3 Å². The summed E-state index contributed by atoms with van der Waals surface area (Å²) in [7, 11) is 1.87. The normalized spacial score (nSPS) is 17.9. The van der Waals surface area contributed by atoms with Crippen LogP contribution in [0.5, 0.6) is 0 Å². The number of benzene rings is 1. The molecule has 1 aliphatic heterocycles. The highest BCUT2D eigenvalue weighted by atomic mass is 19.1. The largest absolute Gasteiger partial charge is 0.388 e. The number of hydrogen-bond acceptors (Lipinski definition) is 5. The van der Waals surface area contributed by atoms with Gasteiger partial charge in [-0.1, -0.05) is 6.07 Å². The maximum Gasteiger partial charge on any atom is 0.225 e. The first-order chi connectivity index (χ1) is 13.0. The van der Waals surface area contributed by atoms with Crippen LogP contribution in [-0.4, -0.2) is 50.3 Å². The van der Waals surface area contributed by atoms with Crippen LogP contribution in [0.4, 0.5) is 10.1 Å². The highest BCUT2D eigenvalue weighted by Gasteiger charge is 2.26. The minimum Gasteiger partial charge on any atom is -0.388 e. The summed E-state index contributed by atoms with van der Waals surface area (Å²) in [6.45, 7) is 3.95. The number of piperidine rings is 1. The number of nitrogens with one attached hydrogen (secondary N) is 1. The van der Waals surface area contributed by atoms with Gasteiger partial charge in [0, 0.05) is 38.2 Å². The zero-order valence-corrected chi connectivity index (χ0v) is 15.8. The molecule has 1 fully saturated rings. The molecule has 0 unspecified atom stereocenters. The number of amides is 1. The number of halogens is 1. The summed E-state index contributed by atoms with van der Waals surface area (Å²) < 4.78 is 15.4. The van der Waals surface area contributed by atoms with Crippen LogP contribution in [-0.2, 0) is 18.4 Å². The van der Waals surface area contributed by atoms with Gasteiger partial charge in [-0.15, -0.1) is 10.2 Å². The van der Waals surface area contributed by atoms with Gasteiger partial charge in [-0.25, -0.2) is 4.39 Å². The van der Waals surface area contributed by atoms with Crippen LogP contribution < -0.4 is 5.32 Å². The maximum atomic E-state index is 13.6. The first kappa shape index (κ1) is 19.4. The van der Waals surface area contributed by atoms with Gasteiger partial charge in [0.25, 0.3) is 0 Å². The van der Waals surface area contributed by atoms with E-state index < -0.39 is 0 Å². The van der Waals surface area contributed by atoms with Crippen LogP contribution in [0.1, 0.15) is 42.4 Å². The van der Waals surface area contributed by atoms with Crippen molar-refractivity contribution < 1.29 is 14.3 Å². The Morgan fingerprint density at radius 1 is 1.41 bits per heavy atom. The smallest absolute Gasteiger partial charge is 0.225 e. The standard InChI is InChI=1S/C19H26FN5O2/c1-13-5-6-15(10-16(13)20)21-18(27)7-9-25-8-3-4-14(11-25)19-23-22-17(12-26)24(19)2/h5-6,10,14,26H,3-4,7-9,11-12H2,1-2H3,(H,21,27)/t14-/m0/s1. The molecule has 1 amide bonds. The number of anilines is 1. The lowest BCUT2D eigenvalue weighted by molar-refractivity contribution is -0.116. The quantitative estimate of drug-likeness (QED) is 0.807. The van der Waals surface area contributed by atoms with Crippen LogP contribution >= 0.6 is 0 Å². The van der Waals surface area contributed by atoms with E-state index in [-0.39, 0.29) is 24.2 Å². The Morgan fingerprint density at radius 2 is 2.22 bits per heavy atom. The number of rotatable bonds is 6. The molecule has 1 aromatic heterocycles. The predicted molar refractivity (Wildman–Crippen MR) is 99.7 cm³/mol. The van der Waals surface area contributed by atoms with Gasteiger partial charge in [0.15, 0.2) is 5.82 Å². The van der Waals surface area contributed by atoms with E-state index in [2.05, 4.69) is 20.4 Å². The van der Waals surface area contributed by atoms with Crippen LogP contribution in [0.2, 0.25) is 0 Å². The van der Waals surface area contributed by atoms with Crippen molar-refractivity contribution in [3.63, 3.8) is 0 Å². The molecule has 2 heterocycles. The molecule has 1 aliphatic rings. The average Bonchev–Trinajstić information content (AvgIpc) is 3.04. The molecule has 1 saturated heterocycles. The summed E-state index contributed by atoms with van der Waals surface area (Å²) in [5.41, 5.74) is 1.04. The summed E-state index contributed by atoms with van der Waals surface area (Å²) in [5, 5.41) is 20.3. The predicted octanol–water partition coefficient (Wildman–Crippen LogP) is 1.96. The van der Waals surface area contributed by atoms with Gasteiger partial charge in [0.05, 0.1) is 0 Å². The number of aryl methyl sites for hydroxylation is 1. The molecule has 8 heteroatoms. The molecule has 1 aromatic carbocycles. The van der Waals surface area contributed by atoms with E-state index in [1.165, 1.54) is 6.07 Å². The number of aliphatic hydroxyl groups excluding tert-OH is 1. The molecule has 1 atom stereocenters. The molecule has 0 saturated carbocycles. The van der Waals surface area contributed by atoms with Crippen molar-refractivity contribution in [2.75, 3.05) is 25.0 Å². The Hall–Kier alpha value is -2.32. The van der Waals surface area contributed by atoms with E-state index in [4.69, 9.17) is 0 Å². The highest BCUT2D eigenvalue weighted by Crippen LogP contribution is 2.26. The molecule has 0 aliphatic carbocycles. The fraction of sp³-hybridized carbons (Fsp3) is 0.526. The van der Waals surface area contributed by atoms with Gasteiger partial charge in [-0.2, -0.15) is 0 Å². The Bertz CT molecular complexity index is 807. The number of hydrogen-bond donors (Lipinski definition) is 2. The van der Waals surface area contributed by atoms with E-state index in [1.54, 1.807) is 19.1 Å². The molecular weight excluding hydrogens is 349 g/mol. The van der Waals surface area contributed by atoms with Crippen LogP contribution in [0.3, 0.4) is 0 Å². The summed E-state index contributed by atoms with van der Waals surface area (Å²) in [6, 6.07) is 4.71. The molecule has 27 heavy (non-hydrogen) atoms. The number of nitrogens with zero attached hydrogens (tertiary/aromatic N) is 4. The molecule has 2 N–H and O–H groups in total. The third kappa shape index (κ3) is 4.70. The third-order valence-corrected chi connectivity index (χ3v) is 5.12. The van der Waals surface area contributed by atoms with Crippen molar-refractivity contribution in [3.8, 4) is 0 Å². The summed E-state index contributed by atoms with van der Waals surface area (Å²) in [6.07, 6.45) is 2.39. The molecule has 0 spiro atoms. The number of carbonyl (C=O) groups is 1. The number of carbonyl (C=O) groups excluding carboxylic acids is 1. The van der Waals surface area contributed by atoms with Crippen LogP contribution in [0.25, 0.3) is 0 Å². The second kappa shape index (κ2) is 8.58. The fourth-order valence-corrected chi connectivity index (χ4v) is 3.49. The van der Waals surface area contributed by atoms with Crippen molar-refractivity contribution in [3.05, 3.63) is 41.2 Å². The zero-order valence-electron chi connectivity index (χ0n) is 15.8. The third-order valence-electron chi connectivity index (χ3n) is 5.12. The Morgan fingerprint density at radius 3 is 2.93 bits per heavy atom. The van der Waals surface area contributed by atoms with E-state index in [1.807, 2.05) is 11.6 Å². The second-order valence-corrected chi connectivity index (χ2v) is 7.09. The lowest BCUT2D eigenvalue weighted by Crippen LogP contribution is -2.37. The number of aromatic nitrogens is 3. The molecule has 3 rings (SSSR count). The van der Waals surface area contributed by atoms with Crippen molar-refractivity contribution in [1.29, 1.82) is 0 Å². The monoisotopic (exact) mass is 375 g/mol. The van der Waals surface area contributed by atoms with Crippen molar-refractivity contribution in [2.45, 2.75) is 38.7 Å². The zero-order chi connectivity index (χ0) is 19.4. The van der Waals surface area contributed by atoms with E-state index >= 15 is 0 Å². The lowest BCUT2D eigenvalue weighted by atomic mass is 9.97. The second-order valence-electron chi connectivity index (χ2n) is 7.09. The Balaban J connectivity index is 1.52. The molecule has 7 nitrogen and oxygen atoms in total. The van der Waals surface area contributed by atoms with Gasteiger partial charge in [0.1, 0.15) is 18.2 Å². The van der Waals surface area contributed by atoms with Crippen molar-refractivity contribution in [1.82, 2.24) is 19.7 Å². The van der Waals surface area contributed by atoms with Gasteiger partial charge >= 0.3 is 0 Å². The molecular formula is C19H26FN5O2. The minimum absolute atomic E-state index is 0.124. The van der Waals surface area contributed by atoms with E-state index in [0.717, 1.165) is 31.8 Å². The number of aliphatic hydroxyl groups is 1. The molecule has 0 radical (unpaired) electrons. The van der Waals surface area contributed by atoms with Gasteiger partial charge in [-0.05, 0) is 44.0 Å². The molecule has 2 aromatic rings. The SMILES string of the molecule is Cc1ccc(NC(=O)CCN2CCC[C@H](c3nnc(CO)n3C)C2)cc1F. The van der Waals surface area contributed by atoms with E-state index in [0.29, 0.717) is 30.0 Å². The maximum absolute atomic E-state index is 13.6. The van der Waals surface area contributed by atoms with Crippen LogP contribution in [0.15, 0.2) is 18.2 Å². The topological polar surface area (TPSA) is 83.3 Å². The van der Waals surface area contributed by atoms with Gasteiger partial charge < -0.3 is 19.9 Å². The van der Waals surface area contributed by atoms with Gasteiger partial charge in [0.2, 0.25) is 5.91 Å². The average molecular weight is 375 g/mol. The lowest BCUT2D eigenvalue weighted by Gasteiger charge is -2.32. The summed E-state index contributed by atoms with van der Waals surface area (Å²) >= 11 is 0. The fourth-order valence-electron chi connectivity index (χ4n) is 3.49. The summed E-state index contributed by atoms with van der Waals surface area (Å²) in [5.74, 6) is 1.24. The molecule has 0 bridgehead atoms. The minimum atomic E-state index is -0.322. The highest BCUT2D eigenvalue weighted by molar-refractivity contribution is 5.90. The Kier molecular flexibility index (Phi) is 6.18. The van der Waals surface area contributed by atoms with Crippen LogP contribution in [0, 0.1) is 12.7 Å². The first-order valence-electron chi connectivity index (χ1n) is 9.25. The Labute approximate surface area is 158 Å². The van der Waals surface area contributed by atoms with Crippen molar-refractivity contribution in [2.24, 2.45) is 7.05 Å². The number of likely N-dealkylation sites (tertiary alicyclic amines) is 1. The van der Waals surface area contributed by atoms with Crippen molar-refractivity contribution >= 4 is 11.6 Å². The first-order valence-corrected chi connectivity index (χ1v) is 9.25. The van der Waals surface area contributed by atoms with Gasteiger partial charge in [-0.3, -0.25) is 4.79 Å². The summed E-state index contributed by atoms with van der Waals surface area (Å²) in [4.78, 5) is 14.4.